The third-order valence-electron chi connectivity index (χ3n) is 6.74. The van der Waals surface area contributed by atoms with Crippen LogP contribution in [-0.4, -0.2) is 35.7 Å². The molecule has 2 nitrogen and oxygen atoms in total. The van der Waals surface area contributed by atoms with Crippen LogP contribution in [0.2, 0.25) is 0 Å². The Morgan fingerprint density at radius 3 is 2.45 bits per heavy atom. The van der Waals surface area contributed by atoms with Crippen LogP contribution in [0.15, 0.2) is 0 Å². The van der Waals surface area contributed by atoms with Gasteiger partial charge in [0.2, 0.25) is 0 Å². The quantitative estimate of drug-likeness (QED) is 0.851. The van der Waals surface area contributed by atoms with Crippen molar-refractivity contribution < 1.29 is 5.11 Å². The number of rotatable bonds is 4. The molecule has 116 valence electrons. The highest BCUT2D eigenvalue weighted by Gasteiger charge is 2.41. The second kappa shape index (κ2) is 5.96. The second-order valence-electron chi connectivity index (χ2n) is 8.33. The van der Waals surface area contributed by atoms with Gasteiger partial charge in [-0.15, -0.1) is 0 Å². The van der Waals surface area contributed by atoms with Crippen LogP contribution in [-0.2, 0) is 0 Å². The number of hydrogen-bond donors (Lipinski definition) is 1. The summed E-state index contributed by atoms with van der Waals surface area (Å²) in [6.45, 7) is 5.92. The molecule has 0 spiro atoms. The molecule has 3 fully saturated rings. The first-order chi connectivity index (χ1) is 9.54. The van der Waals surface area contributed by atoms with Gasteiger partial charge in [0.1, 0.15) is 0 Å². The molecule has 20 heavy (non-hydrogen) atoms. The van der Waals surface area contributed by atoms with E-state index in [1.807, 2.05) is 0 Å². The van der Waals surface area contributed by atoms with Gasteiger partial charge in [0, 0.05) is 12.6 Å². The van der Waals surface area contributed by atoms with Gasteiger partial charge >= 0.3 is 0 Å². The monoisotopic (exact) mass is 279 g/mol. The minimum absolute atomic E-state index is 0.0893. The highest BCUT2D eigenvalue weighted by atomic mass is 16.3. The first-order valence-electron chi connectivity index (χ1n) is 8.93. The minimum Gasteiger partial charge on any atom is -0.391 e. The van der Waals surface area contributed by atoms with Crippen LogP contribution >= 0.6 is 0 Å². The molecule has 3 rings (SSSR count). The fraction of sp³-hybridized carbons (Fsp3) is 1.00. The summed E-state index contributed by atoms with van der Waals surface area (Å²) < 4.78 is 0. The van der Waals surface area contributed by atoms with Crippen LogP contribution in [0, 0.1) is 29.6 Å². The minimum atomic E-state index is -0.0893. The number of aliphatic hydroxyl groups is 1. The molecule has 6 unspecified atom stereocenters. The summed E-state index contributed by atoms with van der Waals surface area (Å²) in [6.07, 6.45) is 9.28. The Kier molecular flexibility index (Phi) is 4.42. The fourth-order valence-electron chi connectivity index (χ4n) is 5.35. The van der Waals surface area contributed by atoms with E-state index in [1.165, 1.54) is 45.1 Å². The normalized spacial score (nSPS) is 44.7. The van der Waals surface area contributed by atoms with Crippen molar-refractivity contribution >= 4 is 0 Å². The molecule has 0 saturated heterocycles. The Balaban J connectivity index is 1.56. The van der Waals surface area contributed by atoms with Crippen molar-refractivity contribution in [3.63, 3.8) is 0 Å². The molecule has 0 aromatic heterocycles. The molecule has 0 aromatic carbocycles. The van der Waals surface area contributed by atoms with Gasteiger partial charge in [-0.1, -0.05) is 20.3 Å². The van der Waals surface area contributed by atoms with Gasteiger partial charge < -0.3 is 10.0 Å². The predicted molar refractivity (Wildman–Crippen MR) is 83.5 cm³/mol. The van der Waals surface area contributed by atoms with Crippen LogP contribution < -0.4 is 0 Å². The maximum atomic E-state index is 10.4. The Morgan fingerprint density at radius 1 is 1.05 bits per heavy atom. The third-order valence-corrected chi connectivity index (χ3v) is 6.74. The van der Waals surface area contributed by atoms with Crippen molar-refractivity contribution in [3.8, 4) is 0 Å². The van der Waals surface area contributed by atoms with Crippen molar-refractivity contribution in [3.05, 3.63) is 0 Å². The maximum absolute atomic E-state index is 10.4. The largest absolute Gasteiger partial charge is 0.391 e. The molecule has 0 aliphatic heterocycles. The Morgan fingerprint density at radius 2 is 1.85 bits per heavy atom. The lowest BCUT2D eigenvalue weighted by molar-refractivity contribution is -0.00218. The number of nitrogens with zero attached hydrogens (tertiary/aromatic N) is 1. The Labute approximate surface area is 124 Å². The van der Waals surface area contributed by atoms with Crippen molar-refractivity contribution in [2.24, 2.45) is 29.6 Å². The first-order valence-corrected chi connectivity index (χ1v) is 8.93. The maximum Gasteiger partial charge on any atom is 0.0695 e. The van der Waals surface area contributed by atoms with Crippen LogP contribution in [0.4, 0.5) is 0 Å². The standard InChI is InChI=1S/C18H33NO/c1-12(2)14-6-7-18(20)17(10-14)19(3)11-16-9-13-4-5-15(16)8-13/h12-18,20H,4-11H2,1-3H3. The molecular weight excluding hydrogens is 246 g/mol. The fourth-order valence-corrected chi connectivity index (χ4v) is 5.35. The van der Waals surface area contributed by atoms with Gasteiger partial charge in [0.05, 0.1) is 6.10 Å². The molecule has 0 radical (unpaired) electrons. The zero-order chi connectivity index (χ0) is 14.3. The van der Waals surface area contributed by atoms with Crippen molar-refractivity contribution in [2.75, 3.05) is 13.6 Å². The second-order valence-corrected chi connectivity index (χ2v) is 8.33. The van der Waals surface area contributed by atoms with Crippen molar-refractivity contribution in [2.45, 2.75) is 70.9 Å². The van der Waals surface area contributed by atoms with Gasteiger partial charge in [-0.25, -0.2) is 0 Å². The molecule has 0 amide bonds. The topological polar surface area (TPSA) is 23.5 Å². The number of likely N-dealkylation sites (N-methyl/N-ethyl adjacent to an activating group) is 1. The third kappa shape index (κ3) is 2.92. The smallest absolute Gasteiger partial charge is 0.0695 e. The number of aliphatic hydroxyl groups excluding tert-OH is 1. The van der Waals surface area contributed by atoms with E-state index in [0.29, 0.717) is 6.04 Å². The predicted octanol–water partition coefficient (Wildman–Crippen LogP) is 3.54. The van der Waals surface area contributed by atoms with Crippen LogP contribution in [0.3, 0.4) is 0 Å². The number of hydrogen-bond acceptors (Lipinski definition) is 2. The van der Waals surface area contributed by atoms with Gasteiger partial charge in [-0.3, -0.25) is 0 Å². The average Bonchev–Trinajstić information content (AvgIpc) is 3.01. The van der Waals surface area contributed by atoms with Crippen molar-refractivity contribution in [1.29, 1.82) is 0 Å². The Bertz CT molecular complexity index is 329. The highest BCUT2D eigenvalue weighted by Crippen LogP contribution is 2.48. The van der Waals surface area contributed by atoms with E-state index >= 15 is 0 Å². The van der Waals surface area contributed by atoms with Gasteiger partial charge in [-0.05, 0) is 75.2 Å². The lowest BCUT2D eigenvalue weighted by Gasteiger charge is -2.41. The summed E-state index contributed by atoms with van der Waals surface area (Å²) >= 11 is 0. The molecule has 3 aliphatic carbocycles. The van der Waals surface area contributed by atoms with Crippen LogP contribution in [0.5, 0.6) is 0 Å². The van der Waals surface area contributed by atoms with Crippen LogP contribution in [0.1, 0.15) is 58.8 Å². The van der Waals surface area contributed by atoms with E-state index in [4.69, 9.17) is 0 Å². The molecular formula is C18H33NO. The summed E-state index contributed by atoms with van der Waals surface area (Å²) in [5.74, 6) is 4.54. The summed E-state index contributed by atoms with van der Waals surface area (Å²) in [6, 6.07) is 0.412. The molecule has 0 heterocycles. The molecule has 2 heteroatoms. The summed E-state index contributed by atoms with van der Waals surface area (Å²) in [7, 11) is 2.27. The summed E-state index contributed by atoms with van der Waals surface area (Å²) in [5.41, 5.74) is 0. The van der Waals surface area contributed by atoms with Gasteiger partial charge in [0.15, 0.2) is 0 Å². The molecule has 2 bridgehead atoms. The molecule has 1 N–H and O–H groups in total. The lowest BCUT2D eigenvalue weighted by atomic mass is 9.77. The average molecular weight is 279 g/mol. The molecule has 3 saturated carbocycles. The SMILES string of the molecule is CC(C)C1CCC(O)C(N(C)CC2CC3CCC2C3)C1. The zero-order valence-electron chi connectivity index (χ0n) is 13.6. The molecule has 6 atom stereocenters. The van der Waals surface area contributed by atoms with E-state index in [1.54, 1.807) is 0 Å². The first kappa shape index (κ1) is 14.8. The summed E-state index contributed by atoms with van der Waals surface area (Å²) in [5, 5.41) is 10.4. The number of fused-ring (bicyclic) bond motifs is 2. The van der Waals surface area contributed by atoms with E-state index in [2.05, 4.69) is 25.8 Å². The highest BCUT2D eigenvalue weighted by molar-refractivity contribution is 4.93. The zero-order valence-corrected chi connectivity index (χ0v) is 13.6. The van der Waals surface area contributed by atoms with Crippen molar-refractivity contribution in [1.82, 2.24) is 4.90 Å². The van der Waals surface area contributed by atoms with Gasteiger partial charge in [0.25, 0.3) is 0 Å². The summed E-state index contributed by atoms with van der Waals surface area (Å²) in [4.78, 5) is 2.52. The van der Waals surface area contributed by atoms with E-state index < -0.39 is 0 Å². The van der Waals surface area contributed by atoms with E-state index in [0.717, 1.165) is 36.0 Å². The van der Waals surface area contributed by atoms with E-state index in [9.17, 15) is 5.11 Å². The lowest BCUT2D eigenvalue weighted by Crippen LogP contribution is -2.48. The van der Waals surface area contributed by atoms with Crippen LogP contribution in [0.25, 0.3) is 0 Å². The van der Waals surface area contributed by atoms with E-state index in [-0.39, 0.29) is 6.10 Å². The molecule has 0 aromatic rings. The molecule has 3 aliphatic rings. The Hall–Kier alpha value is -0.0800. The van der Waals surface area contributed by atoms with Gasteiger partial charge in [-0.2, -0.15) is 0 Å².